The second-order valence-corrected chi connectivity index (χ2v) is 8.22. The summed E-state index contributed by atoms with van der Waals surface area (Å²) >= 11 is 0. The molecule has 2 aliphatic heterocycles. The number of carbonyl (C=O) groups excluding carboxylic acids is 3. The summed E-state index contributed by atoms with van der Waals surface area (Å²) in [7, 11) is 1.49. The van der Waals surface area contributed by atoms with E-state index in [0.29, 0.717) is 49.7 Å². The van der Waals surface area contributed by atoms with Gasteiger partial charge in [0.05, 0.1) is 26.2 Å². The third-order valence-corrected chi connectivity index (χ3v) is 6.18. The third kappa shape index (κ3) is 4.14. The number of ether oxygens (including phenoxy) is 3. The molecule has 8 nitrogen and oxygen atoms in total. The Morgan fingerprint density at radius 2 is 1.94 bits per heavy atom. The number of carbonyl (C=O) groups is 3. The molecule has 0 saturated carbocycles. The molecule has 8 heteroatoms. The summed E-state index contributed by atoms with van der Waals surface area (Å²) in [5.41, 5.74) is 2.81. The molecule has 1 N–H and O–H groups in total. The van der Waals surface area contributed by atoms with Crippen molar-refractivity contribution in [1.29, 1.82) is 0 Å². The summed E-state index contributed by atoms with van der Waals surface area (Å²) in [6, 6.07) is 5.17. The highest BCUT2D eigenvalue weighted by atomic mass is 16.6. The van der Waals surface area contributed by atoms with Gasteiger partial charge in [-0.3, -0.25) is 14.4 Å². The van der Waals surface area contributed by atoms with E-state index in [0.717, 1.165) is 24.1 Å². The number of benzene rings is 1. The molecule has 2 atom stereocenters. The van der Waals surface area contributed by atoms with Crippen LogP contribution < -0.4 is 14.8 Å². The molecule has 2 unspecified atom stereocenters. The lowest BCUT2D eigenvalue weighted by molar-refractivity contribution is -0.139. The monoisotopic (exact) mass is 440 g/mol. The van der Waals surface area contributed by atoms with E-state index in [1.54, 1.807) is 23.1 Å². The average Bonchev–Trinajstić information content (AvgIpc) is 2.78. The van der Waals surface area contributed by atoms with Crippen molar-refractivity contribution >= 4 is 17.7 Å². The minimum absolute atomic E-state index is 0.0408. The zero-order valence-corrected chi connectivity index (χ0v) is 18.4. The minimum Gasteiger partial charge on any atom is -0.493 e. The molecule has 1 aliphatic carbocycles. The fourth-order valence-electron chi connectivity index (χ4n) is 4.74. The lowest BCUT2D eigenvalue weighted by Gasteiger charge is -2.41. The molecule has 0 radical (unpaired) electrons. The molecule has 1 aromatic rings. The molecule has 170 valence electrons. The molecule has 3 aliphatic rings. The summed E-state index contributed by atoms with van der Waals surface area (Å²) in [6.07, 6.45) is 1.95. The van der Waals surface area contributed by atoms with Gasteiger partial charge in [-0.15, -0.1) is 0 Å². The number of ketones is 1. The van der Waals surface area contributed by atoms with Gasteiger partial charge in [0.2, 0.25) is 5.91 Å². The van der Waals surface area contributed by atoms with Gasteiger partial charge in [-0.05, 0) is 30.5 Å². The smallest absolute Gasteiger partial charge is 0.308 e. The summed E-state index contributed by atoms with van der Waals surface area (Å²) in [6.45, 7) is 7.47. The SMILES string of the molecule is C=C1NC2=C(C(=O)CCC2)C(c2ccc(OC(C)=O)c(OC)c2)C1C(=O)N1CCOCC1. The molecule has 1 aromatic carbocycles. The van der Waals surface area contributed by atoms with Crippen LogP contribution in [0.4, 0.5) is 0 Å². The standard InChI is InChI=1S/C24H28N2O6/c1-14-21(24(29)26-9-11-31-12-10-26)22(23-17(25-14)5-4-6-18(23)28)16-7-8-19(32-15(2)27)20(13-16)30-3/h7-8,13,21-22,25H,1,4-6,9-12H2,2-3H3. The van der Waals surface area contributed by atoms with E-state index in [9.17, 15) is 14.4 Å². The van der Waals surface area contributed by atoms with Crippen LogP contribution in [-0.2, 0) is 19.1 Å². The number of rotatable bonds is 4. The third-order valence-electron chi connectivity index (χ3n) is 6.18. The van der Waals surface area contributed by atoms with Crippen molar-refractivity contribution < 1.29 is 28.6 Å². The Morgan fingerprint density at radius 3 is 2.62 bits per heavy atom. The highest BCUT2D eigenvalue weighted by molar-refractivity contribution is 6.00. The molecule has 0 bridgehead atoms. The Labute approximate surface area is 187 Å². The molecule has 2 heterocycles. The summed E-state index contributed by atoms with van der Waals surface area (Å²) in [5.74, 6) is -0.983. The van der Waals surface area contributed by atoms with E-state index in [1.165, 1.54) is 14.0 Å². The van der Waals surface area contributed by atoms with E-state index in [-0.39, 0.29) is 17.4 Å². The zero-order valence-electron chi connectivity index (χ0n) is 18.4. The van der Waals surface area contributed by atoms with E-state index >= 15 is 0 Å². The van der Waals surface area contributed by atoms with Gasteiger partial charge in [-0.2, -0.15) is 0 Å². The number of hydrogen-bond donors (Lipinski definition) is 1. The van der Waals surface area contributed by atoms with Crippen LogP contribution in [0.3, 0.4) is 0 Å². The first kappa shape index (κ1) is 22.1. The maximum absolute atomic E-state index is 13.6. The highest BCUT2D eigenvalue weighted by Gasteiger charge is 2.44. The Morgan fingerprint density at radius 1 is 1.19 bits per heavy atom. The molecule has 0 aromatic heterocycles. The van der Waals surface area contributed by atoms with Crippen LogP contribution in [-0.4, -0.2) is 56.0 Å². The van der Waals surface area contributed by atoms with Crippen LogP contribution in [0, 0.1) is 5.92 Å². The summed E-state index contributed by atoms with van der Waals surface area (Å²) in [5, 5.41) is 3.27. The number of amides is 1. The van der Waals surface area contributed by atoms with Crippen molar-refractivity contribution in [3.05, 3.63) is 47.3 Å². The zero-order chi connectivity index (χ0) is 22.8. The van der Waals surface area contributed by atoms with E-state index in [1.807, 2.05) is 0 Å². The van der Waals surface area contributed by atoms with Crippen LogP contribution in [0.2, 0.25) is 0 Å². The van der Waals surface area contributed by atoms with Gasteiger partial charge in [-0.25, -0.2) is 0 Å². The molecule has 4 rings (SSSR count). The van der Waals surface area contributed by atoms with E-state index < -0.39 is 17.8 Å². The van der Waals surface area contributed by atoms with Crippen molar-refractivity contribution in [1.82, 2.24) is 10.2 Å². The van der Waals surface area contributed by atoms with Crippen molar-refractivity contribution in [2.75, 3.05) is 33.4 Å². The number of allylic oxidation sites excluding steroid dienone is 2. The van der Waals surface area contributed by atoms with Gasteiger partial charge in [0.25, 0.3) is 0 Å². The average molecular weight is 440 g/mol. The molecule has 0 spiro atoms. The van der Waals surface area contributed by atoms with Crippen molar-refractivity contribution in [2.24, 2.45) is 5.92 Å². The molecular weight excluding hydrogens is 412 g/mol. The van der Waals surface area contributed by atoms with Gasteiger partial charge in [0.15, 0.2) is 17.3 Å². The molecular formula is C24H28N2O6. The predicted octanol–water partition coefficient (Wildman–Crippen LogP) is 2.30. The largest absolute Gasteiger partial charge is 0.493 e. The maximum Gasteiger partial charge on any atom is 0.308 e. The predicted molar refractivity (Wildman–Crippen MR) is 116 cm³/mol. The number of Topliss-reactive ketones (excluding diaryl/α,β-unsaturated/α-hetero) is 1. The van der Waals surface area contributed by atoms with Crippen LogP contribution in [0.25, 0.3) is 0 Å². The van der Waals surface area contributed by atoms with Gasteiger partial charge >= 0.3 is 5.97 Å². The number of nitrogens with one attached hydrogen (secondary N) is 1. The lowest BCUT2D eigenvalue weighted by atomic mass is 9.71. The van der Waals surface area contributed by atoms with Crippen LogP contribution in [0.15, 0.2) is 41.7 Å². The Hall–Kier alpha value is -3.13. The van der Waals surface area contributed by atoms with Crippen molar-refractivity contribution in [3.63, 3.8) is 0 Å². The van der Waals surface area contributed by atoms with E-state index in [2.05, 4.69) is 11.9 Å². The fourth-order valence-corrected chi connectivity index (χ4v) is 4.74. The molecule has 1 fully saturated rings. The number of hydrogen-bond acceptors (Lipinski definition) is 7. The van der Waals surface area contributed by atoms with Crippen molar-refractivity contribution in [2.45, 2.75) is 32.1 Å². The van der Waals surface area contributed by atoms with Gasteiger partial charge in [-0.1, -0.05) is 12.6 Å². The van der Waals surface area contributed by atoms with Crippen LogP contribution >= 0.6 is 0 Å². The minimum atomic E-state index is -0.641. The lowest BCUT2D eigenvalue weighted by Crippen LogP contribution is -2.49. The quantitative estimate of drug-likeness (QED) is 0.567. The second kappa shape index (κ2) is 9.16. The summed E-state index contributed by atoms with van der Waals surface area (Å²) in [4.78, 5) is 39.9. The van der Waals surface area contributed by atoms with Gasteiger partial charge in [0.1, 0.15) is 0 Å². The molecule has 1 saturated heterocycles. The number of esters is 1. The first-order valence-corrected chi connectivity index (χ1v) is 10.9. The van der Waals surface area contributed by atoms with Gasteiger partial charge < -0.3 is 24.4 Å². The van der Waals surface area contributed by atoms with Gasteiger partial charge in [0, 0.05) is 49.3 Å². The van der Waals surface area contributed by atoms with Crippen molar-refractivity contribution in [3.8, 4) is 11.5 Å². The maximum atomic E-state index is 13.6. The number of nitrogens with zero attached hydrogens (tertiary/aromatic N) is 1. The Bertz CT molecular complexity index is 992. The first-order valence-electron chi connectivity index (χ1n) is 10.9. The van der Waals surface area contributed by atoms with Crippen LogP contribution in [0.5, 0.6) is 11.5 Å². The summed E-state index contributed by atoms with van der Waals surface area (Å²) < 4.78 is 16.1. The normalized spacial score (nSPS) is 23.4. The number of morpholine rings is 1. The first-order chi connectivity index (χ1) is 15.4. The van der Waals surface area contributed by atoms with Crippen LogP contribution in [0.1, 0.15) is 37.7 Å². The van der Waals surface area contributed by atoms with E-state index in [4.69, 9.17) is 14.2 Å². The topological polar surface area (TPSA) is 94.2 Å². The highest BCUT2D eigenvalue weighted by Crippen LogP contribution is 2.46. The molecule has 32 heavy (non-hydrogen) atoms. The second-order valence-electron chi connectivity index (χ2n) is 8.22. The molecule has 1 amide bonds. The fraction of sp³-hybridized carbons (Fsp3) is 0.458. The Kier molecular flexibility index (Phi) is 6.32. The Balaban J connectivity index is 1.81. The number of methoxy groups -OCH3 is 1.